The zero-order chi connectivity index (χ0) is 28.9. The van der Waals surface area contributed by atoms with Gasteiger partial charge in [-0.05, 0) is 114 Å². The van der Waals surface area contributed by atoms with Gasteiger partial charge in [-0.15, -0.1) is 0 Å². The van der Waals surface area contributed by atoms with Crippen LogP contribution in [-0.4, -0.2) is 0 Å². The van der Waals surface area contributed by atoms with Crippen LogP contribution in [0.1, 0.15) is 103 Å². The number of aryl methyl sites for hydroxylation is 4. The highest BCUT2D eigenvalue weighted by molar-refractivity contribution is 5.50. The Balaban J connectivity index is 1.23. The molecule has 0 aliphatic carbocycles. The van der Waals surface area contributed by atoms with Gasteiger partial charge in [-0.1, -0.05) is 112 Å². The summed E-state index contributed by atoms with van der Waals surface area (Å²) in [6, 6.07) is 31.6. The normalized spacial score (nSPS) is 11.2. The van der Waals surface area contributed by atoms with Gasteiger partial charge in [-0.25, -0.2) is 0 Å². The molecule has 0 atom stereocenters. The molecule has 0 heterocycles. The van der Waals surface area contributed by atoms with Crippen LogP contribution in [0.25, 0.3) is 0 Å². The molecule has 0 aliphatic rings. The fraction of sp³-hybridized carbons (Fsp3) is 0.385. The number of rotatable bonds is 16. The monoisotopic (exact) mass is 546 g/mol. The van der Waals surface area contributed by atoms with Gasteiger partial charge < -0.3 is 11.5 Å². The molecule has 0 aliphatic heterocycles. The molecule has 0 bridgehead atoms. The molecule has 0 fully saturated rings. The molecule has 2 heteroatoms. The summed E-state index contributed by atoms with van der Waals surface area (Å²) in [5, 5.41) is 0. The molecule has 4 aromatic rings. The van der Waals surface area contributed by atoms with Crippen molar-refractivity contribution >= 4 is 11.4 Å². The van der Waals surface area contributed by atoms with Crippen LogP contribution in [0.3, 0.4) is 0 Å². The lowest BCUT2D eigenvalue weighted by atomic mass is 9.96. The predicted octanol–water partition coefficient (Wildman–Crippen LogP) is 9.67. The molecule has 4 rings (SSSR count). The Hall–Kier alpha value is -3.52. The minimum atomic E-state index is 0.934. The lowest BCUT2D eigenvalue weighted by molar-refractivity contribution is 0.718. The van der Waals surface area contributed by atoms with Gasteiger partial charge in [0, 0.05) is 11.4 Å². The highest BCUT2D eigenvalue weighted by Crippen LogP contribution is 2.22. The van der Waals surface area contributed by atoms with Crippen LogP contribution < -0.4 is 11.5 Å². The molecular formula is C39H50N2. The Labute approximate surface area is 249 Å². The fourth-order valence-corrected chi connectivity index (χ4v) is 5.72. The minimum Gasteiger partial charge on any atom is -0.399 e. The molecule has 0 saturated carbocycles. The standard InChI is InChI=1S/C39H50N2/c1-3-5-7-12-36-28-34(22-24-38(36)40)26-32-18-14-30(15-19-32)10-9-11-31-16-20-33(21-17-31)27-35-23-25-39(41)37(29-35)13-8-6-4-2/h14-25,28-29H,3-13,26-27,40-41H2,1-2H3. The number of hydrogen-bond acceptors (Lipinski definition) is 2. The Kier molecular flexibility index (Phi) is 11.9. The second-order valence-electron chi connectivity index (χ2n) is 11.8. The lowest BCUT2D eigenvalue weighted by Crippen LogP contribution is -1.98. The average molecular weight is 547 g/mol. The van der Waals surface area contributed by atoms with Crippen LogP contribution in [0.5, 0.6) is 0 Å². The fourth-order valence-electron chi connectivity index (χ4n) is 5.72. The first-order valence-corrected chi connectivity index (χ1v) is 15.9. The molecule has 0 saturated heterocycles. The quantitative estimate of drug-likeness (QED) is 0.109. The van der Waals surface area contributed by atoms with Crippen molar-refractivity contribution in [3.05, 3.63) is 129 Å². The van der Waals surface area contributed by atoms with E-state index in [9.17, 15) is 0 Å². The van der Waals surface area contributed by atoms with E-state index in [-0.39, 0.29) is 0 Å². The summed E-state index contributed by atoms with van der Waals surface area (Å²) in [5.41, 5.74) is 25.2. The summed E-state index contributed by atoms with van der Waals surface area (Å²) in [5.74, 6) is 0. The van der Waals surface area contributed by atoms with Gasteiger partial charge in [0.1, 0.15) is 0 Å². The Morgan fingerprint density at radius 1 is 0.390 bits per heavy atom. The third kappa shape index (κ3) is 9.81. The first-order chi connectivity index (χ1) is 20.0. The SMILES string of the molecule is CCCCCc1cc(Cc2ccc(CCCc3ccc(Cc4ccc(N)c(CCCCC)c4)cc3)cc2)ccc1N. The van der Waals surface area contributed by atoms with Crippen molar-refractivity contribution < 1.29 is 0 Å². The maximum absolute atomic E-state index is 6.23. The maximum atomic E-state index is 6.23. The zero-order valence-corrected chi connectivity index (χ0v) is 25.4. The summed E-state index contributed by atoms with van der Waals surface area (Å²) < 4.78 is 0. The molecule has 2 nitrogen and oxygen atoms in total. The maximum Gasteiger partial charge on any atom is 0.0346 e. The molecule has 0 aromatic heterocycles. The highest BCUT2D eigenvalue weighted by Gasteiger charge is 2.05. The number of hydrogen-bond donors (Lipinski definition) is 2. The second kappa shape index (κ2) is 16.1. The van der Waals surface area contributed by atoms with Gasteiger partial charge in [-0.3, -0.25) is 0 Å². The molecule has 0 amide bonds. The van der Waals surface area contributed by atoms with E-state index in [1.807, 2.05) is 0 Å². The third-order valence-electron chi connectivity index (χ3n) is 8.31. The Bertz CT molecular complexity index is 1230. The van der Waals surface area contributed by atoms with E-state index in [1.165, 1.54) is 83.0 Å². The summed E-state index contributed by atoms with van der Waals surface area (Å²) >= 11 is 0. The van der Waals surface area contributed by atoms with Gasteiger partial charge >= 0.3 is 0 Å². The molecule has 4 N–H and O–H groups in total. The third-order valence-corrected chi connectivity index (χ3v) is 8.31. The van der Waals surface area contributed by atoms with Gasteiger partial charge in [0.25, 0.3) is 0 Å². The summed E-state index contributed by atoms with van der Waals surface area (Å²) in [4.78, 5) is 0. The lowest BCUT2D eigenvalue weighted by Gasteiger charge is -2.10. The summed E-state index contributed by atoms with van der Waals surface area (Å²) in [6.45, 7) is 4.49. The van der Waals surface area contributed by atoms with Gasteiger partial charge in [0.15, 0.2) is 0 Å². The summed E-state index contributed by atoms with van der Waals surface area (Å²) in [7, 11) is 0. The highest BCUT2D eigenvalue weighted by atomic mass is 14.6. The van der Waals surface area contributed by atoms with Gasteiger partial charge in [-0.2, -0.15) is 0 Å². The first kappa shape index (κ1) is 30.4. The number of nitrogens with two attached hydrogens (primary N) is 2. The minimum absolute atomic E-state index is 0.934. The van der Waals surface area contributed by atoms with Crippen molar-refractivity contribution in [2.75, 3.05) is 11.5 Å². The van der Waals surface area contributed by atoms with Crippen LogP contribution in [0.2, 0.25) is 0 Å². The topological polar surface area (TPSA) is 52.0 Å². The van der Waals surface area contributed by atoms with E-state index in [1.54, 1.807) is 0 Å². The van der Waals surface area contributed by atoms with Crippen molar-refractivity contribution in [1.82, 2.24) is 0 Å². The van der Waals surface area contributed by atoms with E-state index in [4.69, 9.17) is 11.5 Å². The molecule has 216 valence electrons. The molecule has 0 spiro atoms. The van der Waals surface area contributed by atoms with Crippen LogP contribution >= 0.6 is 0 Å². The smallest absolute Gasteiger partial charge is 0.0346 e. The van der Waals surface area contributed by atoms with E-state index in [0.717, 1.165) is 56.3 Å². The van der Waals surface area contributed by atoms with Crippen molar-refractivity contribution in [1.29, 1.82) is 0 Å². The largest absolute Gasteiger partial charge is 0.399 e. The summed E-state index contributed by atoms with van der Waals surface area (Å²) in [6.07, 6.45) is 14.9. The number of benzene rings is 4. The first-order valence-electron chi connectivity index (χ1n) is 15.9. The van der Waals surface area contributed by atoms with Crippen LogP contribution in [0.15, 0.2) is 84.9 Å². The van der Waals surface area contributed by atoms with E-state index < -0.39 is 0 Å². The Morgan fingerprint density at radius 2 is 0.756 bits per heavy atom. The van der Waals surface area contributed by atoms with Crippen molar-refractivity contribution in [2.45, 2.75) is 97.3 Å². The van der Waals surface area contributed by atoms with Gasteiger partial charge in [0.2, 0.25) is 0 Å². The van der Waals surface area contributed by atoms with Crippen LogP contribution in [0, 0.1) is 0 Å². The molecular weight excluding hydrogens is 496 g/mol. The number of anilines is 2. The van der Waals surface area contributed by atoms with E-state index in [2.05, 4.69) is 98.8 Å². The average Bonchev–Trinajstić information content (AvgIpc) is 2.98. The van der Waals surface area contributed by atoms with Gasteiger partial charge in [0.05, 0.1) is 0 Å². The van der Waals surface area contributed by atoms with Crippen molar-refractivity contribution in [2.24, 2.45) is 0 Å². The van der Waals surface area contributed by atoms with Crippen molar-refractivity contribution in [3.8, 4) is 0 Å². The Morgan fingerprint density at radius 3 is 1.15 bits per heavy atom. The van der Waals surface area contributed by atoms with E-state index >= 15 is 0 Å². The predicted molar refractivity (Wildman–Crippen MR) is 179 cm³/mol. The van der Waals surface area contributed by atoms with Crippen molar-refractivity contribution in [3.63, 3.8) is 0 Å². The molecule has 41 heavy (non-hydrogen) atoms. The van der Waals surface area contributed by atoms with E-state index in [0.29, 0.717) is 0 Å². The second-order valence-corrected chi connectivity index (χ2v) is 11.8. The van der Waals surface area contributed by atoms with Crippen LogP contribution in [0.4, 0.5) is 11.4 Å². The number of unbranched alkanes of at least 4 members (excludes halogenated alkanes) is 4. The molecule has 4 aromatic carbocycles. The zero-order valence-electron chi connectivity index (χ0n) is 25.4. The molecule has 0 radical (unpaired) electrons. The van der Waals surface area contributed by atoms with Crippen LogP contribution in [-0.2, 0) is 38.5 Å². The number of nitrogen functional groups attached to an aromatic ring is 2. The molecule has 0 unspecified atom stereocenters.